The zero-order valence-electron chi connectivity index (χ0n) is 15.3. The molecule has 1 aliphatic rings. The zero-order chi connectivity index (χ0) is 16.2. The Bertz CT molecular complexity index is 657. The number of fused-ring (bicyclic) bond motifs is 1. The Hall–Kier alpha value is -1.000. The number of rotatable bonds is 5. The van der Waals surface area contributed by atoms with Crippen molar-refractivity contribution in [2.24, 2.45) is 5.92 Å². The highest BCUT2D eigenvalue weighted by molar-refractivity contribution is 5.86. The summed E-state index contributed by atoms with van der Waals surface area (Å²) in [5.74, 6) is 1.62. The number of ether oxygens (including phenoxy) is 1. The van der Waals surface area contributed by atoms with Gasteiger partial charge in [0.1, 0.15) is 5.75 Å². The first-order valence-corrected chi connectivity index (χ1v) is 8.70. The Kier molecular flexibility index (Phi) is 9.01. The molecule has 2 aromatic carbocycles. The van der Waals surface area contributed by atoms with Crippen molar-refractivity contribution >= 4 is 35.6 Å². The van der Waals surface area contributed by atoms with Gasteiger partial charge in [-0.2, -0.15) is 0 Å². The first-order chi connectivity index (χ1) is 11.2. The summed E-state index contributed by atoms with van der Waals surface area (Å²) in [5, 5.41) is 6.01. The van der Waals surface area contributed by atoms with Gasteiger partial charge < -0.3 is 10.1 Å². The van der Waals surface area contributed by atoms with E-state index >= 15 is 0 Å². The highest BCUT2D eigenvalue weighted by Crippen LogP contribution is 2.31. The minimum atomic E-state index is 0. The molecule has 1 N–H and O–H groups in total. The van der Waals surface area contributed by atoms with Crippen LogP contribution in [-0.4, -0.2) is 38.2 Å². The molecule has 0 saturated carbocycles. The normalized spacial score (nSPS) is 16.2. The number of nitrogens with one attached hydrogen (secondary N) is 1. The van der Waals surface area contributed by atoms with Crippen molar-refractivity contribution in [1.29, 1.82) is 0 Å². The predicted molar refractivity (Wildman–Crippen MR) is 112 cm³/mol. The summed E-state index contributed by atoms with van der Waals surface area (Å²) in [6.45, 7) is 9.11. The van der Waals surface area contributed by atoms with Gasteiger partial charge in [-0.1, -0.05) is 32.0 Å². The largest absolute Gasteiger partial charge is 0.497 e. The van der Waals surface area contributed by atoms with Gasteiger partial charge in [0.25, 0.3) is 0 Å². The molecular formula is C20H30Cl2N2O. The Morgan fingerprint density at radius 2 is 1.64 bits per heavy atom. The summed E-state index contributed by atoms with van der Waals surface area (Å²) in [6.07, 6.45) is 1.21. The van der Waals surface area contributed by atoms with Gasteiger partial charge in [0.15, 0.2) is 0 Å². The van der Waals surface area contributed by atoms with E-state index < -0.39 is 0 Å². The van der Waals surface area contributed by atoms with Crippen molar-refractivity contribution in [3.8, 4) is 5.75 Å². The van der Waals surface area contributed by atoms with E-state index in [4.69, 9.17) is 4.74 Å². The summed E-state index contributed by atoms with van der Waals surface area (Å²) in [7, 11) is 1.72. The number of benzene rings is 2. The molecule has 0 amide bonds. The van der Waals surface area contributed by atoms with Gasteiger partial charge >= 0.3 is 0 Å². The molecule has 3 nitrogen and oxygen atoms in total. The number of hydrogen-bond acceptors (Lipinski definition) is 3. The number of methoxy groups -OCH3 is 1. The van der Waals surface area contributed by atoms with Crippen molar-refractivity contribution in [1.82, 2.24) is 10.2 Å². The smallest absolute Gasteiger partial charge is 0.119 e. The van der Waals surface area contributed by atoms with Crippen LogP contribution in [0, 0.1) is 5.92 Å². The number of piperazine rings is 1. The lowest BCUT2D eigenvalue weighted by Gasteiger charge is -2.36. The van der Waals surface area contributed by atoms with Gasteiger partial charge in [0.05, 0.1) is 7.11 Å². The average molecular weight is 385 g/mol. The van der Waals surface area contributed by atoms with Crippen molar-refractivity contribution in [2.45, 2.75) is 26.3 Å². The molecule has 0 aliphatic carbocycles. The molecule has 3 rings (SSSR count). The minimum Gasteiger partial charge on any atom is -0.497 e. The Morgan fingerprint density at radius 3 is 2.28 bits per heavy atom. The topological polar surface area (TPSA) is 24.5 Å². The van der Waals surface area contributed by atoms with E-state index in [1.807, 2.05) is 6.07 Å². The van der Waals surface area contributed by atoms with Crippen molar-refractivity contribution in [2.75, 3.05) is 33.3 Å². The summed E-state index contributed by atoms with van der Waals surface area (Å²) in [4.78, 5) is 2.64. The van der Waals surface area contributed by atoms with Crippen LogP contribution in [0.3, 0.4) is 0 Å². The fraction of sp³-hybridized carbons (Fsp3) is 0.500. The lowest BCUT2D eigenvalue weighted by molar-refractivity contribution is 0.154. The van der Waals surface area contributed by atoms with E-state index in [9.17, 15) is 0 Å². The van der Waals surface area contributed by atoms with Crippen LogP contribution >= 0.6 is 24.8 Å². The van der Waals surface area contributed by atoms with Gasteiger partial charge in [-0.3, -0.25) is 4.90 Å². The predicted octanol–water partition coefficient (Wildman–Crippen LogP) is 4.68. The average Bonchev–Trinajstić information content (AvgIpc) is 2.59. The maximum absolute atomic E-state index is 5.33. The molecule has 0 radical (unpaired) electrons. The van der Waals surface area contributed by atoms with Gasteiger partial charge in [-0.15, -0.1) is 24.8 Å². The number of halogens is 2. The minimum absolute atomic E-state index is 0. The van der Waals surface area contributed by atoms with Crippen LogP contribution in [0.2, 0.25) is 0 Å². The molecule has 5 heteroatoms. The van der Waals surface area contributed by atoms with E-state index in [0.717, 1.165) is 31.9 Å². The Labute approximate surface area is 163 Å². The fourth-order valence-electron chi connectivity index (χ4n) is 3.51. The molecule has 1 aliphatic heterocycles. The lowest BCUT2D eigenvalue weighted by Crippen LogP contribution is -2.45. The second-order valence-corrected chi connectivity index (χ2v) is 6.90. The van der Waals surface area contributed by atoms with E-state index in [2.05, 4.69) is 54.4 Å². The maximum Gasteiger partial charge on any atom is 0.119 e. The lowest BCUT2D eigenvalue weighted by atomic mass is 9.93. The molecule has 0 unspecified atom stereocenters. The van der Waals surface area contributed by atoms with Crippen molar-refractivity contribution in [3.63, 3.8) is 0 Å². The van der Waals surface area contributed by atoms with E-state index in [1.165, 1.54) is 22.8 Å². The SMILES string of the molecule is COc1ccc2cc([C@H](CC(C)C)N3CCNCC3)ccc2c1.Cl.Cl. The second-order valence-electron chi connectivity index (χ2n) is 6.90. The molecule has 1 atom stereocenters. The van der Waals surface area contributed by atoms with Crippen LogP contribution < -0.4 is 10.1 Å². The monoisotopic (exact) mass is 384 g/mol. The van der Waals surface area contributed by atoms with Gasteiger partial charge in [0.2, 0.25) is 0 Å². The van der Waals surface area contributed by atoms with E-state index in [-0.39, 0.29) is 24.8 Å². The maximum atomic E-state index is 5.33. The number of hydrogen-bond donors (Lipinski definition) is 1. The summed E-state index contributed by atoms with van der Waals surface area (Å²) in [6, 6.07) is 13.8. The highest BCUT2D eigenvalue weighted by atomic mass is 35.5. The molecular weight excluding hydrogens is 355 g/mol. The third-order valence-electron chi connectivity index (χ3n) is 4.74. The Balaban J connectivity index is 0.00000156. The fourth-order valence-corrected chi connectivity index (χ4v) is 3.51. The summed E-state index contributed by atoms with van der Waals surface area (Å²) >= 11 is 0. The van der Waals surface area contributed by atoms with Crippen LogP contribution in [0.5, 0.6) is 5.75 Å². The van der Waals surface area contributed by atoms with E-state index in [1.54, 1.807) is 7.11 Å². The molecule has 1 heterocycles. The third-order valence-corrected chi connectivity index (χ3v) is 4.74. The van der Waals surface area contributed by atoms with Crippen LogP contribution in [0.15, 0.2) is 36.4 Å². The van der Waals surface area contributed by atoms with Crippen LogP contribution in [0.1, 0.15) is 31.9 Å². The molecule has 0 bridgehead atoms. The van der Waals surface area contributed by atoms with Crippen molar-refractivity contribution in [3.05, 3.63) is 42.0 Å². The van der Waals surface area contributed by atoms with E-state index in [0.29, 0.717) is 12.0 Å². The van der Waals surface area contributed by atoms with Crippen LogP contribution in [0.4, 0.5) is 0 Å². The molecule has 0 spiro atoms. The molecule has 1 saturated heterocycles. The molecule has 1 fully saturated rings. The van der Waals surface area contributed by atoms with Crippen LogP contribution in [0.25, 0.3) is 10.8 Å². The third kappa shape index (κ3) is 5.49. The second kappa shape index (κ2) is 10.2. The van der Waals surface area contributed by atoms with Gasteiger partial charge in [-0.05, 0) is 46.9 Å². The highest BCUT2D eigenvalue weighted by Gasteiger charge is 2.23. The summed E-state index contributed by atoms with van der Waals surface area (Å²) in [5.41, 5.74) is 1.44. The molecule has 25 heavy (non-hydrogen) atoms. The zero-order valence-corrected chi connectivity index (χ0v) is 17.0. The van der Waals surface area contributed by atoms with Gasteiger partial charge in [-0.25, -0.2) is 0 Å². The van der Waals surface area contributed by atoms with Crippen molar-refractivity contribution < 1.29 is 4.74 Å². The Morgan fingerprint density at radius 1 is 1.00 bits per heavy atom. The molecule has 140 valence electrons. The summed E-state index contributed by atoms with van der Waals surface area (Å²) < 4.78 is 5.33. The van der Waals surface area contributed by atoms with Crippen LogP contribution in [-0.2, 0) is 0 Å². The number of nitrogens with zero attached hydrogens (tertiary/aromatic N) is 1. The van der Waals surface area contributed by atoms with Gasteiger partial charge in [0, 0.05) is 32.2 Å². The molecule has 2 aromatic rings. The first-order valence-electron chi connectivity index (χ1n) is 8.70. The standard InChI is InChI=1S/C20H28N2O.2ClH/c1-15(2)12-20(22-10-8-21-9-11-22)18-5-4-17-14-19(23-3)7-6-16(17)13-18;;/h4-7,13-15,20-21H,8-12H2,1-3H3;2*1H/t20-;;/m0../s1. The first kappa shape index (κ1) is 22.0. The molecule has 0 aromatic heterocycles. The quantitative estimate of drug-likeness (QED) is 0.809.